The monoisotopic (exact) mass is 196 g/mol. The fourth-order valence-electron chi connectivity index (χ4n) is 0.785. The Kier molecular flexibility index (Phi) is 8.74. The van der Waals surface area contributed by atoms with Gasteiger partial charge in [-0.3, -0.25) is 0 Å². The van der Waals surface area contributed by atoms with Gasteiger partial charge in [-0.25, -0.2) is 13.6 Å². The van der Waals surface area contributed by atoms with Crippen LogP contribution in [0.25, 0.3) is 0 Å². The molecule has 0 radical (unpaired) electrons. The smallest absolute Gasteiger partial charge is 0.314 e. The van der Waals surface area contributed by atoms with E-state index in [2.05, 4.69) is 0 Å². The minimum atomic E-state index is -2.53. The molecule has 0 saturated heterocycles. The SMILES string of the molecule is CC.CCC(C(F)F)N(C)C(N)=O. The minimum Gasteiger partial charge on any atom is -0.351 e. The van der Waals surface area contributed by atoms with E-state index >= 15 is 0 Å². The quantitative estimate of drug-likeness (QED) is 0.737. The lowest BCUT2D eigenvalue weighted by atomic mass is 10.2. The second kappa shape index (κ2) is 7.76. The topological polar surface area (TPSA) is 46.3 Å². The molecular formula is C8H18F2N2O. The highest BCUT2D eigenvalue weighted by Gasteiger charge is 2.24. The number of halogens is 2. The molecule has 0 rings (SSSR count). The van der Waals surface area contributed by atoms with E-state index in [1.54, 1.807) is 6.92 Å². The molecule has 0 aromatic rings. The van der Waals surface area contributed by atoms with Crippen molar-refractivity contribution in [2.75, 3.05) is 7.05 Å². The zero-order valence-corrected chi connectivity index (χ0v) is 8.55. The van der Waals surface area contributed by atoms with Crippen LogP contribution < -0.4 is 5.73 Å². The summed E-state index contributed by atoms with van der Waals surface area (Å²) in [5.41, 5.74) is 4.80. The Balaban J connectivity index is 0. The molecule has 0 fully saturated rings. The van der Waals surface area contributed by atoms with Crippen LogP contribution in [-0.4, -0.2) is 30.4 Å². The van der Waals surface area contributed by atoms with Gasteiger partial charge in [-0.15, -0.1) is 0 Å². The summed E-state index contributed by atoms with van der Waals surface area (Å²) in [7, 11) is 1.27. The van der Waals surface area contributed by atoms with Gasteiger partial charge in [-0.05, 0) is 6.42 Å². The summed E-state index contributed by atoms with van der Waals surface area (Å²) in [4.78, 5) is 11.3. The molecule has 0 aliphatic carbocycles. The van der Waals surface area contributed by atoms with Crippen LogP contribution in [0.15, 0.2) is 0 Å². The van der Waals surface area contributed by atoms with Crippen molar-refractivity contribution >= 4 is 6.03 Å². The zero-order chi connectivity index (χ0) is 11.0. The molecule has 80 valence electrons. The molecule has 0 aromatic carbocycles. The van der Waals surface area contributed by atoms with Crippen molar-refractivity contribution in [1.29, 1.82) is 0 Å². The first kappa shape index (κ1) is 14.6. The first-order valence-corrected chi connectivity index (χ1v) is 4.31. The summed E-state index contributed by atoms with van der Waals surface area (Å²) < 4.78 is 24.1. The number of alkyl halides is 2. The summed E-state index contributed by atoms with van der Waals surface area (Å²) in [5, 5.41) is 0. The van der Waals surface area contributed by atoms with Gasteiger partial charge >= 0.3 is 6.03 Å². The Hall–Kier alpha value is -0.870. The van der Waals surface area contributed by atoms with Gasteiger partial charge in [0, 0.05) is 7.05 Å². The first-order chi connectivity index (χ1) is 6.00. The van der Waals surface area contributed by atoms with E-state index in [4.69, 9.17) is 5.73 Å². The molecule has 3 nitrogen and oxygen atoms in total. The van der Waals surface area contributed by atoms with E-state index in [1.165, 1.54) is 7.05 Å². The number of nitrogens with zero attached hydrogens (tertiary/aromatic N) is 1. The number of hydrogen-bond donors (Lipinski definition) is 1. The molecule has 0 aromatic heterocycles. The normalized spacial score (nSPS) is 11.6. The number of nitrogens with two attached hydrogens (primary N) is 1. The second-order valence-electron chi connectivity index (χ2n) is 2.26. The molecule has 0 heterocycles. The molecule has 0 spiro atoms. The largest absolute Gasteiger partial charge is 0.351 e. The fourth-order valence-corrected chi connectivity index (χ4v) is 0.785. The van der Waals surface area contributed by atoms with E-state index in [-0.39, 0.29) is 6.42 Å². The molecule has 2 N–H and O–H groups in total. The van der Waals surface area contributed by atoms with Gasteiger partial charge < -0.3 is 10.6 Å². The van der Waals surface area contributed by atoms with Crippen LogP contribution >= 0.6 is 0 Å². The molecule has 2 amide bonds. The van der Waals surface area contributed by atoms with Gasteiger partial charge in [-0.1, -0.05) is 20.8 Å². The predicted molar refractivity (Wildman–Crippen MR) is 48.8 cm³/mol. The summed E-state index contributed by atoms with van der Waals surface area (Å²) >= 11 is 0. The molecule has 1 unspecified atom stereocenters. The van der Waals surface area contributed by atoms with Crippen LogP contribution in [0.2, 0.25) is 0 Å². The first-order valence-electron chi connectivity index (χ1n) is 4.31. The highest BCUT2D eigenvalue weighted by atomic mass is 19.3. The third kappa shape index (κ3) is 5.38. The van der Waals surface area contributed by atoms with Crippen LogP contribution in [0.5, 0.6) is 0 Å². The van der Waals surface area contributed by atoms with Crippen LogP contribution in [0.1, 0.15) is 27.2 Å². The van der Waals surface area contributed by atoms with Crippen molar-refractivity contribution in [1.82, 2.24) is 4.90 Å². The molecule has 0 bridgehead atoms. The van der Waals surface area contributed by atoms with E-state index in [9.17, 15) is 13.6 Å². The summed E-state index contributed by atoms with van der Waals surface area (Å²) in [6, 6.07) is -1.88. The summed E-state index contributed by atoms with van der Waals surface area (Å²) in [6.07, 6.45) is -2.32. The molecule has 0 aliphatic rings. The average Bonchev–Trinajstić information content (AvgIpc) is 2.08. The van der Waals surface area contributed by atoms with Crippen molar-refractivity contribution in [2.45, 2.75) is 39.7 Å². The van der Waals surface area contributed by atoms with Crippen molar-refractivity contribution in [2.24, 2.45) is 5.73 Å². The van der Waals surface area contributed by atoms with Crippen LogP contribution in [-0.2, 0) is 0 Å². The van der Waals surface area contributed by atoms with Crippen LogP contribution in [0.4, 0.5) is 13.6 Å². The van der Waals surface area contributed by atoms with E-state index in [1.807, 2.05) is 13.8 Å². The number of urea groups is 1. The summed E-state index contributed by atoms with van der Waals surface area (Å²) in [5.74, 6) is 0. The highest BCUT2D eigenvalue weighted by molar-refractivity contribution is 5.72. The van der Waals surface area contributed by atoms with E-state index in [0.29, 0.717) is 0 Å². The van der Waals surface area contributed by atoms with Gasteiger partial charge in [0.25, 0.3) is 6.43 Å². The highest BCUT2D eigenvalue weighted by Crippen LogP contribution is 2.10. The molecule has 0 saturated carbocycles. The third-order valence-corrected chi connectivity index (χ3v) is 1.55. The minimum absolute atomic E-state index is 0.205. The Morgan fingerprint density at radius 2 is 1.85 bits per heavy atom. The lowest BCUT2D eigenvalue weighted by molar-refractivity contribution is 0.0522. The lowest BCUT2D eigenvalue weighted by Gasteiger charge is -2.24. The molecule has 0 aliphatic heterocycles. The van der Waals surface area contributed by atoms with Crippen LogP contribution in [0, 0.1) is 0 Å². The van der Waals surface area contributed by atoms with Gasteiger partial charge in [-0.2, -0.15) is 0 Å². The Morgan fingerprint density at radius 3 is 1.92 bits per heavy atom. The van der Waals surface area contributed by atoms with Gasteiger partial charge in [0.1, 0.15) is 0 Å². The molecule has 13 heavy (non-hydrogen) atoms. The van der Waals surface area contributed by atoms with Crippen molar-refractivity contribution < 1.29 is 13.6 Å². The Morgan fingerprint density at radius 1 is 1.46 bits per heavy atom. The molecule has 1 atom stereocenters. The number of rotatable bonds is 3. The maximum atomic E-state index is 12.1. The number of amides is 2. The average molecular weight is 196 g/mol. The zero-order valence-electron chi connectivity index (χ0n) is 8.55. The Labute approximate surface area is 77.9 Å². The predicted octanol–water partition coefficient (Wildman–Crippen LogP) is 2.07. The number of hydrogen-bond acceptors (Lipinski definition) is 1. The van der Waals surface area contributed by atoms with E-state index in [0.717, 1.165) is 4.90 Å². The fraction of sp³-hybridized carbons (Fsp3) is 0.875. The number of carbonyl (C=O) groups is 1. The molecular weight excluding hydrogens is 178 g/mol. The third-order valence-electron chi connectivity index (χ3n) is 1.55. The Bertz CT molecular complexity index is 142. The van der Waals surface area contributed by atoms with Gasteiger partial charge in [0.05, 0.1) is 6.04 Å². The number of primary amides is 1. The van der Waals surface area contributed by atoms with Crippen molar-refractivity contribution in [3.05, 3.63) is 0 Å². The van der Waals surface area contributed by atoms with Crippen molar-refractivity contribution in [3.8, 4) is 0 Å². The van der Waals surface area contributed by atoms with Gasteiger partial charge in [0.2, 0.25) is 0 Å². The lowest BCUT2D eigenvalue weighted by Crippen LogP contribution is -2.44. The standard InChI is InChI=1S/C6H12F2N2O.C2H6/c1-3-4(5(7)8)10(2)6(9)11;1-2/h4-5H,3H2,1-2H3,(H2,9,11);1-2H3. The van der Waals surface area contributed by atoms with Crippen LogP contribution in [0.3, 0.4) is 0 Å². The number of carbonyl (C=O) groups excluding carboxylic acids is 1. The molecule has 5 heteroatoms. The maximum absolute atomic E-state index is 12.1. The van der Waals surface area contributed by atoms with Gasteiger partial charge in [0.15, 0.2) is 0 Å². The van der Waals surface area contributed by atoms with E-state index < -0.39 is 18.5 Å². The maximum Gasteiger partial charge on any atom is 0.314 e. The second-order valence-corrected chi connectivity index (χ2v) is 2.26. The van der Waals surface area contributed by atoms with Crippen molar-refractivity contribution in [3.63, 3.8) is 0 Å². The summed E-state index contributed by atoms with van der Waals surface area (Å²) in [6.45, 7) is 5.58.